The Morgan fingerprint density at radius 3 is 2.68 bits per heavy atom. The molecular weight excluding hydrogens is 258 g/mol. The molecule has 1 aromatic heterocycles. The zero-order chi connectivity index (χ0) is 13.5. The van der Waals surface area contributed by atoms with Gasteiger partial charge in [0.25, 0.3) is 0 Å². The summed E-state index contributed by atoms with van der Waals surface area (Å²) >= 11 is 1.71. The molecule has 3 N–H and O–H groups in total. The van der Waals surface area contributed by atoms with Crippen molar-refractivity contribution in [2.45, 2.75) is 26.2 Å². The monoisotopic (exact) mass is 278 g/mol. The third-order valence-corrected chi connectivity index (χ3v) is 3.62. The van der Waals surface area contributed by atoms with Crippen LogP contribution in [-0.4, -0.2) is 17.8 Å². The number of hydrogen-bond donors (Lipinski definition) is 2. The van der Waals surface area contributed by atoms with E-state index in [2.05, 4.69) is 28.9 Å². The van der Waals surface area contributed by atoms with Crippen LogP contribution in [0.25, 0.3) is 0 Å². The van der Waals surface area contributed by atoms with E-state index in [-0.39, 0.29) is 6.10 Å². The normalized spacial score (nSPS) is 12.3. The number of quaternary nitrogens is 1. The highest BCUT2D eigenvalue weighted by atomic mass is 32.1. The van der Waals surface area contributed by atoms with Crippen molar-refractivity contribution in [1.29, 1.82) is 0 Å². The molecule has 0 aliphatic carbocycles. The van der Waals surface area contributed by atoms with E-state index in [4.69, 9.17) is 4.74 Å². The molecule has 19 heavy (non-hydrogen) atoms. The minimum absolute atomic E-state index is 0.256. The molecule has 0 bridgehead atoms. The summed E-state index contributed by atoms with van der Waals surface area (Å²) in [4.78, 5) is 1.23. The molecule has 1 atom stereocenters. The van der Waals surface area contributed by atoms with Gasteiger partial charge >= 0.3 is 0 Å². The van der Waals surface area contributed by atoms with Gasteiger partial charge in [-0.15, -0.1) is 11.3 Å². The maximum atomic E-state index is 9.18. The first-order valence-electron chi connectivity index (χ1n) is 6.48. The second-order valence-corrected chi connectivity index (χ2v) is 5.62. The fraction of sp³-hybridized carbons (Fsp3) is 0.333. The molecule has 4 heteroatoms. The first-order chi connectivity index (χ1) is 9.24. The summed E-state index contributed by atoms with van der Waals surface area (Å²) in [6.45, 7) is 4.05. The molecule has 0 fully saturated rings. The Hall–Kier alpha value is -1.36. The van der Waals surface area contributed by atoms with E-state index in [1.807, 2.05) is 18.2 Å². The van der Waals surface area contributed by atoms with E-state index in [0.29, 0.717) is 6.61 Å². The minimum Gasteiger partial charge on any atom is -0.488 e. The van der Waals surface area contributed by atoms with Crippen molar-refractivity contribution < 1.29 is 15.2 Å². The van der Waals surface area contributed by atoms with Crippen molar-refractivity contribution in [1.82, 2.24) is 0 Å². The predicted octanol–water partition coefficient (Wildman–Crippen LogP) is 1.77. The summed E-state index contributed by atoms with van der Waals surface area (Å²) in [6.07, 6.45) is -0.256. The Bertz CT molecular complexity index is 465. The maximum absolute atomic E-state index is 9.18. The number of aliphatic hydroxyl groups is 1. The van der Waals surface area contributed by atoms with Crippen LogP contribution in [0.1, 0.15) is 17.4 Å². The zero-order valence-electron chi connectivity index (χ0n) is 11.1. The minimum atomic E-state index is -0.256. The molecule has 2 aromatic rings. The van der Waals surface area contributed by atoms with Crippen LogP contribution in [0.3, 0.4) is 0 Å². The molecule has 0 unspecified atom stereocenters. The summed E-state index contributed by atoms with van der Waals surface area (Å²) < 4.78 is 5.71. The number of aliphatic hydroxyl groups excluding tert-OH is 1. The van der Waals surface area contributed by atoms with Crippen LogP contribution in [0.5, 0.6) is 5.75 Å². The second kappa shape index (κ2) is 7.28. The summed E-state index contributed by atoms with van der Waals surface area (Å²) in [6, 6.07) is 12.2. The molecule has 0 amide bonds. The van der Waals surface area contributed by atoms with Gasteiger partial charge in [0.05, 0.1) is 6.10 Å². The topological polar surface area (TPSA) is 46.1 Å². The number of ether oxygens (including phenoxy) is 1. The summed E-state index contributed by atoms with van der Waals surface area (Å²) in [5, 5.41) is 13.3. The predicted molar refractivity (Wildman–Crippen MR) is 77.3 cm³/mol. The Morgan fingerprint density at radius 1 is 1.26 bits per heavy atom. The Morgan fingerprint density at radius 2 is 2.05 bits per heavy atom. The molecule has 0 spiro atoms. The van der Waals surface area contributed by atoms with Gasteiger partial charge in [0.2, 0.25) is 0 Å². The van der Waals surface area contributed by atoms with Crippen LogP contribution < -0.4 is 10.1 Å². The lowest BCUT2D eigenvalue weighted by Crippen LogP contribution is -2.84. The van der Waals surface area contributed by atoms with Gasteiger partial charge in [-0.25, -0.2) is 0 Å². The van der Waals surface area contributed by atoms with Gasteiger partial charge in [0.1, 0.15) is 25.4 Å². The van der Waals surface area contributed by atoms with E-state index in [9.17, 15) is 5.11 Å². The van der Waals surface area contributed by atoms with Crippen LogP contribution in [0.2, 0.25) is 0 Å². The van der Waals surface area contributed by atoms with Crippen molar-refractivity contribution >= 4 is 11.3 Å². The Kier molecular flexibility index (Phi) is 5.39. The van der Waals surface area contributed by atoms with Crippen molar-refractivity contribution in [3.63, 3.8) is 0 Å². The lowest BCUT2D eigenvalue weighted by molar-refractivity contribution is -0.676. The lowest BCUT2D eigenvalue weighted by Gasteiger charge is -2.06. The molecule has 2 rings (SSSR count). The van der Waals surface area contributed by atoms with Crippen LogP contribution in [0.15, 0.2) is 41.8 Å². The third-order valence-electron chi connectivity index (χ3n) is 2.77. The summed E-state index contributed by atoms with van der Waals surface area (Å²) in [7, 11) is 0. The van der Waals surface area contributed by atoms with E-state index in [1.54, 1.807) is 18.3 Å². The molecule has 0 aliphatic rings. The standard InChI is InChI=1S/C15H19NO2S/c1-12(17)9-16-10-13-4-6-14(7-5-13)18-11-15-3-2-8-19-15/h2-8,12,16-17H,9-11H2,1H3/p+1/t12-/m1/s1. The molecule has 0 saturated heterocycles. The van der Waals surface area contributed by atoms with Gasteiger partial charge in [0, 0.05) is 10.4 Å². The number of hydrogen-bond acceptors (Lipinski definition) is 3. The fourth-order valence-corrected chi connectivity index (χ4v) is 2.38. The maximum Gasteiger partial charge on any atom is 0.122 e. The second-order valence-electron chi connectivity index (χ2n) is 4.59. The highest BCUT2D eigenvalue weighted by Gasteiger charge is 2.01. The molecule has 102 valence electrons. The van der Waals surface area contributed by atoms with Crippen molar-refractivity contribution in [3.05, 3.63) is 52.2 Å². The first kappa shape index (κ1) is 14.1. The average Bonchev–Trinajstić information content (AvgIpc) is 2.90. The molecule has 1 aromatic carbocycles. The number of thiophene rings is 1. The van der Waals surface area contributed by atoms with Gasteiger partial charge in [-0.2, -0.15) is 0 Å². The van der Waals surface area contributed by atoms with E-state index in [0.717, 1.165) is 18.8 Å². The van der Waals surface area contributed by atoms with Crippen LogP contribution in [0.4, 0.5) is 0 Å². The van der Waals surface area contributed by atoms with E-state index in [1.165, 1.54) is 10.4 Å². The van der Waals surface area contributed by atoms with Crippen molar-refractivity contribution in [2.75, 3.05) is 6.54 Å². The van der Waals surface area contributed by atoms with Crippen LogP contribution in [0, 0.1) is 0 Å². The van der Waals surface area contributed by atoms with E-state index >= 15 is 0 Å². The van der Waals surface area contributed by atoms with Gasteiger partial charge in [0.15, 0.2) is 0 Å². The van der Waals surface area contributed by atoms with E-state index < -0.39 is 0 Å². The number of benzene rings is 1. The highest BCUT2D eigenvalue weighted by molar-refractivity contribution is 7.09. The summed E-state index contributed by atoms with van der Waals surface area (Å²) in [5.74, 6) is 0.896. The largest absolute Gasteiger partial charge is 0.488 e. The van der Waals surface area contributed by atoms with Gasteiger partial charge in [-0.3, -0.25) is 0 Å². The lowest BCUT2D eigenvalue weighted by atomic mass is 10.2. The van der Waals surface area contributed by atoms with Gasteiger partial charge in [-0.1, -0.05) is 6.07 Å². The Balaban J connectivity index is 1.77. The fourth-order valence-electron chi connectivity index (χ4n) is 1.76. The molecule has 3 nitrogen and oxygen atoms in total. The third kappa shape index (κ3) is 5.03. The quantitative estimate of drug-likeness (QED) is 0.811. The molecule has 1 heterocycles. The van der Waals surface area contributed by atoms with Gasteiger partial charge < -0.3 is 15.2 Å². The van der Waals surface area contributed by atoms with Gasteiger partial charge in [-0.05, 0) is 42.6 Å². The molecule has 0 aliphatic heterocycles. The van der Waals surface area contributed by atoms with Crippen LogP contribution in [-0.2, 0) is 13.2 Å². The zero-order valence-corrected chi connectivity index (χ0v) is 11.9. The smallest absolute Gasteiger partial charge is 0.122 e. The first-order valence-corrected chi connectivity index (χ1v) is 7.36. The number of rotatable bonds is 7. The molecule has 0 saturated carbocycles. The molecular formula is C15H20NO2S+. The SMILES string of the molecule is C[C@@H](O)C[NH2+]Cc1ccc(OCc2cccs2)cc1. The Labute approximate surface area is 117 Å². The van der Waals surface area contributed by atoms with Crippen molar-refractivity contribution in [2.24, 2.45) is 0 Å². The highest BCUT2D eigenvalue weighted by Crippen LogP contribution is 2.16. The van der Waals surface area contributed by atoms with Crippen molar-refractivity contribution in [3.8, 4) is 5.75 Å². The number of nitrogens with two attached hydrogens (primary N) is 1. The molecule has 0 radical (unpaired) electrons. The van der Waals surface area contributed by atoms with Crippen LogP contribution >= 0.6 is 11.3 Å². The average molecular weight is 278 g/mol. The summed E-state index contributed by atoms with van der Waals surface area (Å²) in [5.41, 5.74) is 1.24.